The van der Waals surface area contributed by atoms with Crippen molar-refractivity contribution in [2.45, 2.75) is 20.0 Å². The summed E-state index contributed by atoms with van der Waals surface area (Å²) in [6, 6.07) is 10.6. The van der Waals surface area contributed by atoms with Crippen molar-refractivity contribution in [2.75, 3.05) is 13.2 Å². The fraction of sp³-hybridized carbons (Fsp3) is 0.200. The molecule has 1 N–H and O–H groups in total. The van der Waals surface area contributed by atoms with Gasteiger partial charge in [-0.3, -0.25) is 9.69 Å². The SMILES string of the molecule is C=CCc1cc(/C=C2/NC(=O)N(CC=C)C2=O)cc(OCC)c1OCc1ccc(Cl)cc1. The number of carbonyl (C=O) groups excluding carboxylic acids is 2. The molecule has 1 aliphatic heterocycles. The molecule has 3 rings (SSSR count). The van der Waals surface area contributed by atoms with E-state index in [4.69, 9.17) is 21.1 Å². The van der Waals surface area contributed by atoms with Crippen LogP contribution < -0.4 is 14.8 Å². The number of urea groups is 1. The van der Waals surface area contributed by atoms with Crippen LogP contribution in [0.3, 0.4) is 0 Å². The number of nitrogens with zero attached hydrogens (tertiary/aromatic N) is 1. The molecular weight excluding hydrogens is 428 g/mol. The van der Waals surface area contributed by atoms with Gasteiger partial charge in [-0.1, -0.05) is 35.9 Å². The van der Waals surface area contributed by atoms with Crippen LogP contribution in [0.5, 0.6) is 11.5 Å². The molecule has 2 aromatic carbocycles. The number of hydrogen-bond donors (Lipinski definition) is 1. The largest absolute Gasteiger partial charge is 0.490 e. The van der Waals surface area contributed by atoms with Crippen molar-refractivity contribution < 1.29 is 19.1 Å². The molecule has 166 valence electrons. The van der Waals surface area contributed by atoms with Crippen molar-refractivity contribution in [3.8, 4) is 11.5 Å². The van der Waals surface area contributed by atoms with Gasteiger partial charge in [-0.05, 0) is 54.8 Å². The summed E-state index contributed by atoms with van der Waals surface area (Å²) in [6.45, 7) is 10.2. The summed E-state index contributed by atoms with van der Waals surface area (Å²) in [6.07, 6.45) is 5.44. The summed E-state index contributed by atoms with van der Waals surface area (Å²) in [5, 5.41) is 3.26. The summed E-state index contributed by atoms with van der Waals surface area (Å²) < 4.78 is 12.0. The Kier molecular flexibility index (Phi) is 7.73. The molecule has 2 aromatic rings. The summed E-state index contributed by atoms with van der Waals surface area (Å²) in [4.78, 5) is 25.7. The van der Waals surface area contributed by atoms with E-state index in [1.165, 1.54) is 6.08 Å². The first-order chi connectivity index (χ1) is 15.5. The monoisotopic (exact) mass is 452 g/mol. The Morgan fingerprint density at radius 2 is 1.84 bits per heavy atom. The van der Waals surface area contributed by atoms with Gasteiger partial charge in [0.2, 0.25) is 0 Å². The quantitative estimate of drug-likeness (QED) is 0.308. The maximum absolute atomic E-state index is 12.5. The third kappa shape index (κ3) is 5.39. The Morgan fingerprint density at radius 3 is 2.50 bits per heavy atom. The number of hydrogen-bond acceptors (Lipinski definition) is 4. The van der Waals surface area contributed by atoms with Crippen LogP contribution in [0.4, 0.5) is 4.79 Å². The lowest BCUT2D eigenvalue weighted by Gasteiger charge is -2.17. The molecule has 0 radical (unpaired) electrons. The van der Waals surface area contributed by atoms with Gasteiger partial charge in [-0.2, -0.15) is 0 Å². The molecule has 0 atom stereocenters. The van der Waals surface area contributed by atoms with Crippen molar-refractivity contribution >= 4 is 29.6 Å². The molecule has 0 bridgehead atoms. The average molecular weight is 453 g/mol. The van der Waals surface area contributed by atoms with Gasteiger partial charge in [0.25, 0.3) is 5.91 Å². The second-order valence-corrected chi connectivity index (χ2v) is 7.48. The molecule has 1 aliphatic rings. The van der Waals surface area contributed by atoms with Gasteiger partial charge in [-0.15, -0.1) is 13.2 Å². The minimum absolute atomic E-state index is 0.144. The van der Waals surface area contributed by atoms with Gasteiger partial charge in [-0.25, -0.2) is 4.79 Å². The summed E-state index contributed by atoms with van der Waals surface area (Å²) >= 11 is 5.96. The average Bonchev–Trinajstić information content (AvgIpc) is 3.02. The number of ether oxygens (including phenoxy) is 2. The summed E-state index contributed by atoms with van der Waals surface area (Å²) in [7, 11) is 0. The van der Waals surface area contributed by atoms with Crippen LogP contribution in [-0.4, -0.2) is 30.0 Å². The molecule has 0 aliphatic carbocycles. The number of allylic oxidation sites excluding steroid dienone is 1. The second kappa shape index (κ2) is 10.7. The third-order valence-electron chi connectivity index (χ3n) is 4.70. The van der Waals surface area contributed by atoms with Crippen LogP contribution >= 0.6 is 11.6 Å². The first kappa shape index (κ1) is 23.2. The molecule has 6 nitrogen and oxygen atoms in total. The van der Waals surface area contributed by atoms with Gasteiger partial charge in [0.15, 0.2) is 11.5 Å². The zero-order valence-corrected chi connectivity index (χ0v) is 18.7. The standard InChI is InChI=1S/C25H25ClN2O4/c1-4-7-19-13-18(14-21-24(29)28(12-5-2)25(30)27-21)15-22(31-6-3)23(19)32-16-17-8-10-20(26)11-9-17/h4-5,8-11,13-15H,1-2,6-7,12,16H2,3H3,(H,27,30)/b21-14+. The first-order valence-corrected chi connectivity index (χ1v) is 10.6. The van der Waals surface area contributed by atoms with Gasteiger partial charge < -0.3 is 14.8 Å². The highest BCUT2D eigenvalue weighted by atomic mass is 35.5. The lowest BCUT2D eigenvalue weighted by atomic mass is 10.0. The maximum Gasteiger partial charge on any atom is 0.329 e. The molecule has 0 saturated carbocycles. The van der Waals surface area contributed by atoms with Gasteiger partial charge >= 0.3 is 6.03 Å². The summed E-state index contributed by atoms with van der Waals surface area (Å²) in [5.41, 5.74) is 2.72. The van der Waals surface area contributed by atoms with Crippen molar-refractivity contribution in [3.63, 3.8) is 0 Å². The number of benzene rings is 2. The molecule has 32 heavy (non-hydrogen) atoms. The van der Waals surface area contributed by atoms with E-state index in [1.807, 2.05) is 37.3 Å². The lowest BCUT2D eigenvalue weighted by Crippen LogP contribution is -2.30. The number of nitrogens with one attached hydrogen (secondary N) is 1. The Hall–Kier alpha value is -3.51. The normalized spacial score (nSPS) is 14.4. The van der Waals surface area contributed by atoms with Crippen LogP contribution in [0, 0.1) is 0 Å². The molecule has 1 heterocycles. The highest BCUT2D eigenvalue weighted by Crippen LogP contribution is 2.35. The number of imide groups is 1. The van der Waals surface area contributed by atoms with Crippen LogP contribution in [0.1, 0.15) is 23.6 Å². The van der Waals surface area contributed by atoms with E-state index in [2.05, 4.69) is 18.5 Å². The van der Waals surface area contributed by atoms with Gasteiger partial charge in [0, 0.05) is 17.1 Å². The fourth-order valence-corrected chi connectivity index (χ4v) is 3.40. The van der Waals surface area contributed by atoms with Crippen LogP contribution in [0.2, 0.25) is 5.02 Å². The summed E-state index contributed by atoms with van der Waals surface area (Å²) in [5.74, 6) is 0.757. The molecule has 0 spiro atoms. The molecule has 1 saturated heterocycles. The highest BCUT2D eigenvalue weighted by Gasteiger charge is 2.32. The van der Waals surface area contributed by atoms with Crippen molar-refractivity contribution in [3.05, 3.63) is 89.1 Å². The molecular formula is C25H25ClN2O4. The predicted molar refractivity (Wildman–Crippen MR) is 126 cm³/mol. The van der Waals surface area contributed by atoms with Crippen LogP contribution in [-0.2, 0) is 17.8 Å². The fourth-order valence-electron chi connectivity index (χ4n) is 3.27. The zero-order chi connectivity index (χ0) is 23.1. The molecule has 7 heteroatoms. The van der Waals surface area contributed by atoms with Gasteiger partial charge in [0.05, 0.1) is 6.61 Å². The minimum Gasteiger partial charge on any atom is -0.490 e. The van der Waals surface area contributed by atoms with E-state index in [9.17, 15) is 9.59 Å². The van der Waals surface area contributed by atoms with Crippen molar-refractivity contribution in [1.82, 2.24) is 10.2 Å². The molecule has 0 aromatic heterocycles. The van der Waals surface area contributed by atoms with Crippen LogP contribution in [0.25, 0.3) is 6.08 Å². The van der Waals surface area contributed by atoms with E-state index >= 15 is 0 Å². The highest BCUT2D eigenvalue weighted by molar-refractivity contribution is 6.30. The lowest BCUT2D eigenvalue weighted by molar-refractivity contribution is -0.122. The maximum atomic E-state index is 12.5. The zero-order valence-electron chi connectivity index (χ0n) is 17.9. The van der Waals surface area contributed by atoms with E-state index in [0.29, 0.717) is 41.7 Å². The third-order valence-corrected chi connectivity index (χ3v) is 4.95. The Labute approximate surface area is 192 Å². The smallest absolute Gasteiger partial charge is 0.329 e. The van der Waals surface area contributed by atoms with E-state index < -0.39 is 11.9 Å². The van der Waals surface area contributed by atoms with Crippen molar-refractivity contribution in [2.24, 2.45) is 0 Å². The second-order valence-electron chi connectivity index (χ2n) is 7.04. The molecule has 1 fully saturated rings. The number of carbonyl (C=O) groups is 2. The predicted octanol–water partition coefficient (Wildman–Crippen LogP) is 5.12. The topological polar surface area (TPSA) is 67.9 Å². The molecule has 0 unspecified atom stereocenters. The van der Waals surface area contributed by atoms with E-state index in [1.54, 1.807) is 18.2 Å². The number of amides is 3. The minimum atomic E-state index is -0.472. The van der Waals surface area contributed by atoms with E-state index in [0.717, 1.165) is 16.0 Å². The van der Waals surface area contributed by atoms with Crippen LogP contribution in [0.15, 0.2) is 67.4 Å². The number of halogens is 1. The Balaban J connectivity index is 1.94. The first-order valence-electron chi connectivity index (χ1n) is 10.2. The Morgan fingerprint density at radius 1 is 1.09 bits per heavy atom. The number of rotatable bonds is 10. The van der Waals surface area contributed by atoms with Gasteiger partial charge in [0.1, 0.15) is 12.3 Å². The van der Waals surface area contributed by atoms with Crippen molar-refractivity contribution in [1.29, 1.82) is 0 Å². The molecule has 3 amide bonds. The van der Waals surface area contributed by atoms with E-state index in [-0.39, 0.29) is 12.2 Å². The Bertz CT molecular complexity index is 1060.